The van der Waals surface area contributed by atoms with E-state index < -0.39 is 33.6 Å². The van der Waals surface area contributed by atoms with E-state index in [0.717, 1.165) is 52.1 Å². The van der Waals surface area contributed by atoms with E-state index in [2.05, 4.69) is 128 Å². The summed E-state index contributed by atoms with van der Waals surface area (Å²) in [6.07, 6.45) is 12.3. The molecule has 6 heterocycles. The van der Waals surface area contributed by atoms with Crippen LogP contribution in [-0.4, -0.2) is 98.3 Å². The van der Waals surface area contributed by atoms with E-state index in [1.165, 1.54) is 69.3 Å². The zero-order valence-electron chi connectivity index (χ0n) is 60.2. The van der Waals surface area contributed by atoms with Gasteiger partial charge >= 0.3 is 11.9 Å². The maximum atomic E-state index is 13.3. The Morgan fingerprint density at radius 1 is 0.687 bits per heavy atom. The molecule has 5 aromatic carbocycles. The third-order valence-corrected chi connectivity index (χ3v) is 19.8. The van der Waals surface area contributed by atoms with Crippen LogP contribution in [-0.2, 0) is 25.6 Å². The summed E-state index contributed by atoms with van der Waals surface area (Å²) in [7, 11) is 6.59. The molecule has 11 rings (SSSR count). The van der Waals surface area contributed by atoms with Gasteiger partial charge in [0.05, 0.1) is 48.4 Å². The topological polar surface area (TPSA) is 191 Å². The van der Waals surface area contributed by atoms with Crippen molar-refractivity contribution in [3.63, 3.8) is 0 Å². The Bertz CT molecular complexity index is 3840. The summed E-state index contributed by atoms with van der Waals surface area (Å²) in [5.74, 6) is 1.86. The Hall–Kier alpha value is -8.80. The highest BCUT2D eigenvalue weighted by atomic mass is 16.6. The molecule has 0 saturated carbocycles. The molecule has 17 nitrogen and oxygen atoms in total. The Balaban J connectivity index is 0.000000214. The standard InChI is InChI=1S/C27H33N3O4.C22H30N2.C18H22N2O4.C13H18O2.2CH4/c1-18(2)24-19(3)28-20(4)25(26(24)22-12-9-13-23(16-22)30(32)33)27(31)34-15-14-29(5)17-21-10-7-6-8-11-21;1-4-22-11-7-12-23-13-10-17-16-8-5-6-9-18(16)24(20(17)21(22)23)19(14-22)15(2)3;1-10(2)15-11(3)19-12(4)16(18(21)24-5)17(15)13-8-6-7-9-14(13)20(22)23;1-10(2)5-6-11-7-8-12(14-3)13(9-11)15-4;;/h6-13,16,18,26,28H,14-15,17H2,1-5H3;5-6,8-9,14-15,17,20-21H,4,7,10-13H2,1-3H3;6-10,17,19H,1-5H3;5-10H,1-4H3;2*1H4/b;;;6-5+;;/t;17?,20?,21-,22-;;;;/m.0..../s1. The number of nitro benzene ring substituents is 2. The molecule has 17 heteroatoms. The molecule has 4 unspecified atom stereocenters. The number of non-ortho nitro benzene ring substituents is 1. The summed E-state index contributed by atoms with van der Waals surface area (Å²) in [5, 5.41) is 29.4. The summed E-state index contributed by atoms with van der Waals surface area (Å²) in [5.41, 5.74) is 14.8. The van der Waals surface area contributed by atoms with Crippen molar-refractivity contribution in [1.82, 2.24) is 20.4 Å². The number of nitrogens with one attached hydrogen (secondary N) is 2. The van der Waals surface area contributed by atoms with Crippen LogP contribution in [0.2, 0.25) is 0 Å². The summed E-state index contributed by atoms with van der Waals surface area (Å²) >= 11 is 0. The van der Waals surface area contributed by atoms with Crippen LogP contribution in [0.4, 0.5) is 17.1 Å². The van der Waals surface area contributed by atoms with Crippen molar-refractivity contribution in [2.45, 2.75) is 167 Å². The number of fused-ring (bicyclic) bond motifs is 3. The van der Waals surface area contributed by atoms with Crippen LogP contribution in [0.5, 0.6) is 11.5 Å². The summed E-state index contributed by atoms with van der Waals surface area (Å²) in [6.45, 7) is 31.4. The SMILES string of the molecule is C.C.CC1=C(C(=O)OCCN(C)Cc2ccccc2)C(c2cccc([N+](=O)[O-])c2)C(C(C)C)=C(C)N1.CC[C@@]12C=C(C(C)C)N3c4ccccc4C4CCN(CCC1)[C@H]2C43.COC(=O)C1=C(C)NC(C)=C(C(C)C)C1c1ccccc1[N+](=O)[O-].COc1ccc(/C=C/C(C)C)cc1OC. The second-order valence-corrected chi connectivity index (χ2v) is 27.6. The van der Waals surface area contributed by atoms with E-state index in [-0.39, 0.29) is 44.7 Å². The molecule has 2 N–H and O–H groups in total. The number of esters is 2. The molecular formula is C82H111N7O10. The molecule has 99 heavy (non-hydrogen) atoms. The lowest BCUT2D eigenvalue weighted by Gasteiger charge is -2.60. The van der Waals surface area contributed by atoms with Gasteiger partial charge in [-0.2, -0.15) is 0 Å². The molecule has 5 aromatic rings. The van der Waals surface area contributed by atoms with Crippen molar-refractivity contribution in [3.05, 3.63) is 232 Å². The molecule has 6 atom stereocenters. The average molecular weight is 1350 g/mol. The highest BCUT2D eigenvalue weighted by Gasteiger charge is 2.59. The number of methoxy groups -OCH3 is 3. The van der Waals surface area contributed by atoms with Gasteiger partial charge in [-0.3, -0.25) is 30.0 Å². The number of carbonyl (C=O) groups is 2. The lowest BCUT2D eigenvalue weighted by Crippen LogP contribution is -2.67. The number of hydrogen-bond acceptors (Lipinski definition) is 15. The highest BCUT2D eigenvalue weighted by Crippen LogP contribution is 2.59. The molecule has 0 spiro atoms. The first-order valence-electron chi connectivity index (χ1n) is 34.4. The number of para-hydroxylation sites is 2. The molecule has 6 aliphatic heterocycles. The highest BCUT2D eigenvalue weighted by molar-refractivity contribution is 5.93. The van der Waals surface area contributed by atoms with Gasteiger partial charge in [-0.25, -0.2) is 9.59 Å². The molecule has 0 bridgehead atoms. The smallest absolute Gasteiger partial charge is 0.336 e. The van der Waals surface area contributed by atoms with Gasteiger partial charge < -0.3 is 34.5 Å². The Morgan fingerprint density at radius 3 is 1.88 bits per heavy atom. The van der Waals surface area contributed by atoms with Crippen LogP contribution >= 0.6 is 0 Å². The molecule has 6 aliphatic rings. The van der Waals surface area contributed by atoms with Crippen LogP contribution in [0, 0.1) is 49.3 Å². The number of likely N-dealkylation sites (N-methyl/N-ethyl adjacent to an activating group) is 1. The minimum Gasteiger partial charge on any atom is -0.493 e. The van der Waals surface area contributed by atoms with Crippen molar-refractivity contribution in [2.24, 2.45) is 29.1 Å². The Morgan fingerprint density at radius 2 is 1.29 bits per heavy atom. The van der Waals surface area contributed by atoms with Gasteiger partial charge in [0, 0.05) is 100 Å². The second-order valence-electron chi connectivity index (χ2n) is 27.6. The first kappa shape index (κ1) is 79.2. The second kappa shape index (κ2) is 35.3. The number of nitrogens with zero attached hydrogens (tertiary/aromatic N) is 5. The summed E-state index contributed by atoms with van der Waals surface area (Å²) < 4.78 is 21.1. The van der Waals surface area contributed by atoms with E-state index in [1.54, 1.807) is 62.7 Å². The van der Waals surface area contributed by atoms with Gasteiger partial charge in [-0.05, 0) is 149 Å². The van der Waals surface area contributed by atoms with Gasteiger partial charge in [0.1, 0.15) is 6.61 Å². The fraction of sp³-hybridized carbons (Fsp3) is 0.463. The lowest BCUT2D eigenvalue weighted by atomic mass is 9.62. The molecule has 0 aliphatic carbocycles. The van der Waals surface area contributed by atoms with Crippen molar-refractivity contribution in [2.75, 3.05) is 59.5 Å². The zero-order chi connectivity index (χ0) is 70.6. The number of anilines is 1. The first-order chi connectivity index (χ1) is 46.3. The minimum atomic E-state index is -0.500. The van der Waals surface area contributed by atoms with Crippen LogP contribution in [0.1, 0.15) is 176 Å². The molecule has 0 radical (unpaired) electrons. The molecule has 0 aromatic heterocycles. The number of nitro groups is 2. The molecule has 0 amide bonds. The van der Waals surface area contributed by atoms with Crippen molar-refractivity contribution >= 4 is 35.1 Å². The lowest BCUT2D eigenvalue weighted by molar-refractivity contribution is -0.385. The Kier molecular flexibility index (Phi) is 28.2. The van der Waals surface area contributed by atoms with Gasteiger partial charge in [-0.1, -0.05) is 180 Å². The summed E-state index contributed by atoms with van der Waals surface area (Å²) in [6, 6.07) is 39.7. The number of ether oxygens (including phenoxy) is 4. The van der Waals surface area contributed by atoms with E-state index >= 15 is 0 Å². The molecule has 2 saturated heterocycles. The van der Waals surface area contributed by atoms with Crippen LogP contribution < -0.4 is 25.0 Å². The third-order valence-electron chi connectivity index (χ3n) is 19.8. The Labute approximate surface area is 590 Å². The van der Waals surface area contributed by atoms with Crippen LogP contribution in [0.15, 0.2) is 184 Å². The molecular weight excluding hydrogens is 1240 g/mol. The maximum absolute atomic E-state index is 13.3. The van der Waals surface area contributed by atoms with Gasteiger partial charge in [0.25, 0.3) is 11.4 Å². The van der Waals surface area contributed by atoms with Crippen molar-refractivity contribution < 1.29 is 38.4 Å². The van der Waals surface area contributed by atoms with E-state index in [9.17, 15) is 29.8 Å². The number of piperidine rings is 2. The summed E-state index contributed by atoms with van der Waals surface area (Å²) in [4.78, 5) is 55.5. The van der Waals surface area contributed by atoms with Gasteiger partial charge in [-0.15, -0.1) is 0 Å². The number of hydrogen-bond donors (Lipinski definition) is 2. The minimum absolute atomic E-state index is 0. The van der Waals surface area contributed by atoms with Gasteiger partial charge in [0.15, 0.2) is 11.5 Å². The number of rotatable bonds is 19. The first-order valence-corrected chi connectivity index (χ1v) is 34.4. The van der Waals surface area contributed by atoms with Crippen LogP contribution in [0.25, 0.3) is 6.08 Å². The van der Waals surface area contributed by atoms with Gasteiger partial charge in [0.2, 0.25) is 0 Å². The van der Waals surface area contributed by atoms with Crippen LogP contribution in [0.3, 0.4) is 0 Å². The van der Waals surface area contributed by atoms with E-state index in [4.69, 9.17) is 18.9 Å². The van der Waals surface area contributed by atoms with E-state index in [1.807, 2.05) is 84.1 Å². The van der Waals surface area contributed by atoms with Crippen molar-refractivity contribution in [3.8, 4) is 11.5 Å². The normalized spacial score (nSPS) is 20.6. The average Bonchev–Trinajstić information content (AvgIpc) is 1.58. The quantitative estimate of drug-likeness (QED) is 0.0450. The third kappa shape index (κ3) is 17.8. The monoisotopic (exact) mass is 1350 g/mol. The fourth-order valence-corrected chi connectivity index (χ4v) is 15.6. The van der Waals surface area contributed by atoms with E-state index in [0.29, 0.717) is 69.5 Å². The maximum Gasteiger partial charge on any atom is 0.336 e. The predicted molar refractivity (Wildman–Crippen MR) is 401 cm³/mol. The molecule has 534 valence electrons. The van der Waals surface area contributed by atoms with Crippen molar-refractivity contribution in [1.29, 1.82) is 0 Å². The number of allylic oxidation sites excluding steroid dienone is 8. The number of dihydropyridines is 2. The largest absolute Gasteiger partial charge is 0.493 e. The number of carbonyl (C=O) groups excluding carboxylic acids is 2. The molecule has 2 fully saturated rings. The fourth-order valence-electron chi connectivity index (χ4n) is 15.6. The number of benzene rings is 5. The predicted octanol–water partition coefficient (Wildman–Crippen LogP) is 18.2. The zero-order valence-corrected chi connectivity index (χ0v) is 60.2.